The van der Waals surface area contributed by atoms with E-state index in [1.54, 1.807) is 0 Å². The Kier molecular flexibility index (Phi) is 4.17. The molecule has 0 aliphatic heterocycles. The summed E-state index contributed by atoms with van der Waals surface area (Å²) in [6, 6.07) is 0. The summed E-state index contributed by atoms with van der Waals surface area (Å²) in [6.45, 7) is 4.98. The molecule has 0 heterocycles. The lowest BCUT2D eigenvalue weighted by molar-refractivity contribution is 0.0810. The van der Waals surface area contributed by atoms with Gasteiger partial charge in [-0.05, 0) is 20.9 Å². The second kappa shape index (κ2) is 4.38. The lowest BCUT2D eigenvalue weighted by Gasteiger charge is -2.33. The second-order valence-corrected chi connectivity index (χ2v) is 3.35. The first-order valence-electron chi connectivity index (χ1n) is 3.80. The zero-order valence-corrected chi connectivity index (χ0v) is 7.59. The molecule has 0 aliphatic carbocycles. The van der Waals surface area contributed by atoms with Crippen molar-refractivity contribution < 1.29 is 5.11 Å². The Hall–Kier alpha value is -0.520. The van der Waals surface area contributed by atoms with E-state index in [2.05, 4.69) is 10.8 Å². The molecule has 0 atom stereocenters. The Morgan fingerprint density at radius 1 is 1.55 bits per heavy atom. The molecule has 11 heavy (non-hydrogen) atoms. The van der Waals surface area contributed by atoms with Gasteiger partial charge in [0.15, 0.2) is 0 Å². The third-order valence-corrected chi connectivity index (χ3v) is 2.01. The molecule has 0 aromatic rings. The zero-order valence-electron chi connectivity index (χ0n) is 7.59. The molecule has 0 amide bonds. The van der Waals surface area contributed by atoms with Crippen LogP contribution in [0.1, 0.15) is 20.3 Å². The highest BCUT2D eigenvalue weighted by Gasteiger charge is 2.21. The Morgan fingerprint density at radius 2 is 2.09 bits per heavy atom. The molecule has 0 radical (unpaired) electrons. The second-order valence-electron chi connectivity index (χ2n) is 3.35. The van der Waals surface area contributed by atoms with Crippen molar-refractivity contribution in [2.75, 3.05) is 20.2 Å². The molecule has 0 bridgehead atoms. The summed E-state index contributed by atoms with van der Waals surface area (Å²) in [6.07, 6.45) is 5.86. The van der Waals surface area contributed by atoms with Crippen LogP contribution in [0.4, 0.5) is 0 Å². The fraction of sp³-hybridized carbons (Fsp3) is 0.778. The minimum absolute atomic E-state index is 0.156. The van der Waals surface area contributed by atoms with Crippen LogP contribution in [0.2, 0.25) is 0 Å². The molecule has 0 saturated carbocycles. The highest BCUT2D eigenvalue weighted by Crippen LogP contribution is 2.10. The summed E-state index contributed by atoms with van der Waals surface area (Å²) >= 11 is 0. The maximum atomic E-state index is 8.97. The van der Waals surface area contributed by atoms with Crippen LogP contribution >= 0.6 is 0 Å². The van der Waals surface area contributed by atoms with Crippen LogP contribution < -0.4 is 0 Å². The number of nitrogens with zero attached hydrogens (tertiary/aromatic N) is 1. The van der Waals surface area contributed by atoms with E-state index in [0.29, 0.717) is 0 Å². The van der Waals surface area contributed by atoms with Crippen LogP contribution in [-0.4, -0.2) is 35.7 Å². The van der Waals surface area contributed by atoms with Crippen molar-refractivity contribution in [3.05, 3.63) is 0 Å². The van der Waals surface area contributed by atoms with Crippen LogP contribution in [0.5, 0.6) is 0 Å². The molecule has 0 unspecified atom stereocenters. The normalized spacial score (nSPS) is 11.6. The third-order valence-electron chi connectivity index (χ3n) is 2.01. The van der Waals surface area contributed by atoms with E-state index in [9.17, 15) is 0 Å². The summed E-state index contributed by atoms with van der Waals surface area (Å²) in [5.74, 6) is 2.57. The molecule has 0 spiro atoms. The van der Waals surface area contributed by atoms with Gasteiger partial charge in [-0.2, -0.15) is 0 Å². The molecule has 0 saturated heterocycles. The van der Waals surface area contributed by atoms with E-state index < -0.39 is 0 Å². The molecule has 0 aliphatic rings. The molecular weight excluding hydrogens is 138 g/mol. The molecule has 1 N–H and O–H groups in total. The van der Waals surface area contributed by atoms with Crippen molar-refractivity contribution in [1.82, 2.24) is 4.90 Å². The Morgan fingerprint density at radius 3 is 2.45 bits per heavy atom. The molecule has 0 aromatic carbocycles. The SMILES string of the molecule is C#CCCN(C)C(C)(C)CO. The summed E-state index contributed by atoms with van der Waals surface area (Å²) in [4.78, 5) is 2.06. The Labute approximate surface area is 69.2 Å². The van der Waals surface area contributed by atoms with Gasteiger partial charge in [-0.25, -0.2) is 0 Å². The van der Waals surface area contributed by atoms with E-state index in [0.717, 1.165) is 13.0 Å². The predicted octanol–water partition coefficient (Wildman–Crippen LogP) is 0.712. The fourth-order valence-electron chi connectivity index (χ4n) is 0.656. The first-order valence-corrected chi connectivity index (χ1v) is 3.80. The lowest BCUT2D eigenvalue weighted by Crippen LogP contribution is -2.44. The number of hydrogen-bond acceptors (Lipinski definition) is 2. The number of aliphatic hydroxyl groups excluding tert-OH is 1. The monoisotopic (exact) mass is 155 g/mol. The van der Waals surface area contributed by atoms with E-state index in [1.165, 1.54) is 0 Å². The molecule has 2 nitrogen and oxygen atoms in total. The van der Waals surface area contributed by atoms with Crippen molar-refractivity contribution >= 4 is 0 Å². The van der Waals surface area contributed by atoms with Gasteiger partial charge >= 0.3 is 0 Å². The molecule has 2 heteroatoms. The van der Waals surface area contributed by atoms with E-state index in [4.69, 9.17) is 11.5 Å². The van der Waals surface area contributed by atoms with Crippen LogP contribution in [0, 0.1) is 12.3 Å². The number of terminal acetylenes is 1. The summed E-state index contributed by atoms with van der Waals surface area (Å²) in [5.41, 5.74) is -0.156. The number of rotatable bonds is 4. The summed E-state index contributed by atoms with van der Waals surface area (Å²) < 4.78 is 0. The fourth-order valence-corrected chi connectivity index (χ4v) is 0.656. The van der Waals surface area contributed by atoms with Gasteiger partial charge in [0.2, 0.25) is 0 Å². The summed E-state index contributed by atoms with van der Waals surface area (Å²) in [5, 5.41) is 8.97. The first-order chi connectivity index (χ1) is 5.04. The minimum atomic E-state index is -0.156. The topological polar surface area (TPSA) is 23.5 Å². The van der Waals surface area contributed by atoms with Gasteiger partial charge in [0.05, 0.1) is 6.61 Å². The van der Waals surface area contributed by atoms with Crippen LogP contribution in [0.25, 0.3) is 0 Å². The van der Waals surface area contributed by atoms with Crippen molar-refractivity contribution in [3.63, 3.8) is 0 Å². The van der Waals surface area contributed by atoms with Crippen molar-refractivity contribution in [3.8, 4) is 12.3 Å². The van der Waals surface area contributed by atoms with Gasteiger partial charge in [-0.15, -0.1) is 12.3 Å². The van der Waals surface area contributed by atoms with Gasteiger partial charge in [-0.1, -0.05) is 0 Å². The first kappa shape index (κ1) is 10.5. The Balaban J connectivity index is 3.83. The van der Waals surface area contributed by atoms with Gasteiger partial charge in [0.25, 0.3) is 0 Å². The quantitative estimate of drug-likeness (QED) is 0.604. The highest BCUT2D eigenvalue weighted by molar-refractivity contribution is 4.87. The molecule has 0 aromatic heterocycles. The standard InChI is InChI=1S/C9H17NO/c1-5-6-7-10(4)9(2,3)8-11/h1,11H,6-8H2,2-4H3. The van der Waals surface area contributed by atoms with E-state index >= 15 is 0 Å². The average molecular weight is 155 g/mol. The van der Waals surface area contributed by atoms with E-state index in [1.807, 2.05) is 20.9 Å². The summed E-state index contributed by atoms with van der Waals surface area (Å²) in [7, 11) is 1.97. The number of aliphatic hydroxyl groups is 1. The zero-order chi connectivity index (χ0) is 8.91. The lowest BCUT2D eigenvalue weighted by atomic mass is 10.1. The maximum Gasteiger partial charge on any atom is 0.0609 e. The molecule has 64 valence electrons. The van der Waals surface area contributed by atoms with Crippen molar-refractivity contribution in [2.24, 2.45) is 0 Å². The minimum Gasteiger partial charge on any atom is -0.394 e. The van der Waals surface area contributed by atoms with Gasteiger partial charge in [0.1, 0.15) is 0 Å². The Bertz CT molecular complexity index is 146. The molecular formula is C9H17NO. The number of likely N-dealkylation sites (N-methyl/N-ethyl adjacent to an activating group) is 1. The number of hydrogen-bond donors (Lipinski definition) is 1. The van der Waals surface area contributed by atoms with E-state index in [-0.39, 0.29) is 12.1 Å². The highest BCUT2D eigenvalue weighted by atomic mass is 16.3. The maximum absolute atomic E-state index is 8.97. The third kappa shape index (κ3) is 3.41. The largest absolute Gasteiger partial charge is 0.394 e. The molecule has 0 rings (SSSR count). The van der Waals surface area contributed by atoms with Gasteiger partial charge in [-0.3, -0.25) is 4.90 Å². The predicted molar refractivity (Wildman–Crippen MR) is 47.2 cm³/mol. The molecule has 0 fully saturated rings. The van der Waals surface area contributed by atoms with Gasteiger partial charge in [0, 0.05) is 18.5 Å². The van der Waals surface area contributed by atoms with Crippen molar-refractivity contribution in [1.29, 1.82) is 0 Å². The van der Waals surface area contributed by atoms with Crippen LogP contribution in [0.3, 0.4) is 0 Å². The van der Waals surface area contributed by atoms with Crippen molar-refractivity contribution in [2.45, 2.75) is 25.8 Å². The van der Waals surface area contributed by atoms with Crippen LogP contribution in [0.15, 0.2) is 0 Å². The van der Waals surface area contributed by atoms with Crippen LogP contribution in [-0.2, 0) is 0 Å². The van der Waals surface area contributed by atoms with Gasteiger partial charge < -0.3 is 5.11 Å². The average Bonchev–Trinajstić information content (AvgIpc) is 2.00. The smallest absolute Gasteiger partial charge is 0.0609 e.